The Morgan fingerprint density at radius 2 is 1.83 bits per heavy atom. The normalized spacial score (nSPS) is 17.5. The highest BCUT2D eigenvalue weighted by Crippen LogP contribution is 2.33. The van der Waals surface area contributed by atoms with Crippen molar-refractivity contribution in [1.82, 2.24) is 5.32 Å². The Bertz CT molecular complexity index is 785. The number of ketones is 1. The predicted molar refractivity (Wildman–Crippen MR) is 95.6 cm³/mol. The van der Waals surface area contributed by atoms with Crippen molar-refractivity contribution in [3.63, 3.8) is 0 Å². The van der Waals surface area contributed by atoms with E-state index in [0.717, 1.165) is 17.7 Å². The van der Waals surface area contributed by atoms with E-state index in [1.807, 2.05) is 30.3 Å². The molecule has 0 fully saturated rings. The number of aryl methyl sites for hydroxylation is 2. The molecule has 1 heterocycles. The molecular formula is C21H23NO. The van der Waals surface area contributed by atoms with Crippen LogP contribution in [0.4, 0.5) is 0 Å². The molecule has 0 aromatic heterocycles. The van der Waals surface area contributed by atoms with E-state index in [2.05, 4.69) is 45.1 Å². The first-order valence-electron chi connectivity index (χ1n) is 8.05. The molecule has 0 unspecified atom stereocenters. The monoisotopic (exact) mass is 305 g/mol. The molecule has 2 heteroatoms. The molecular weight excluding hydrogens is 282 g/mol. The van der Waals surface area contributed by atoms with Crippen molar-refractivity contribution in [3.05, 3.63) is 76.4 Å². The first kappa shape index (κ1) is 15.5. The zero-order chi connectivity index (χ0) is 16.6. The molecule has 2 nitrogen and oxygen atoms in total. The minimum atomic E-state index is -0.0595. The molecule has 0 atom stereocenters. The number of carbonyl (C=O) groups is 1. The number of hydrogen-bond acceptors (Lipinski definition) is 2. The van der Waals surface area contributed by atoms with Gasteiger partial charge >= 0.3 is 0 Å². The number of allylic oxidation sites excluding steroid dienone is 1. The van der Waals surface area contributed by atoms with Gasteiger partial charge in [0.2, 0.25) is 0 Å². The lowest BCUT2D eigenvalue weighted by Gasteiger charge is -2.36. The predicted octanol–water partition coefficient (Wildman–Crippen LogP) is 4.45. The number of carbonyl (C=O) groups excluding carboxylic acids is 1. The molecule has 2 aromatic carbocycles. The molecule has 0 spiro atoms. The summed E-state index contributed by atoms with van der Waals surface area (Å²) in [4.78, 5) is 12.6. The lowest BCUT2D eigenvalue weighted by Crippen LogP contribution is -2.44. The molecule has 3 rings (SSSR count). The molecule has 1 aliphatic heterocycles. The van der Waals surface area contributed by atoms with Gasteiger partial charge in [-0.15, -0.1) is 0 Å². The molecule has 0 saturated heterocycles. The Labute approximate surface area is 138 Å². The van der Waals surface area contributed by atoms with Gasteiger partial charge in [0.05, 0.1) is 0 Å². The summed E-state index contributed by atoms with van der Waals surface area (Å²) < 4.78 is 0. The Kier molecular flexibility index (Phi) is 3.85. The first-order chi connectivity index (χ1) is 10.9. The van der Waals surface area contributed by atoms with Gasteiger partial charge in [-0.3, -0.25) is 4.79 Å². The van der Waals surface area contributed by atoms with E-state index in [4.69, 9.17) is 0 Å². The van der Waals surface area contributed by atoms with E-state index in [0.29, 0.717) is 0 Å². The third-order valence-electron chi connectivity index (χ3n) is 4.27. The van der Waals surface area contributed by atoms with E-state index < -0.39 is 0 Å². The molecule has 1 N–H and O–H groups in total. The van der Waals surface area contributed by atoms with Crippen LogP contribution in [0.2, 0.25) is 0 Å². The fraction of sp³-hybridized carbons (Fsp3) is 0.286. The van der Waals surface area contributed by atoms with Crippen molar-refractivity contribution >= 4 is 11.5 Å². The largest absolute Gasteiger partial charge is 0.379 e. The highest BCUT2D eigenvalue weighted by atomic mass is 16.1. The number of rotatable bonds is 2. The molecule has 0 radical (unpaired) electrons. The van der Waals surface area contributed by atoms with Gasteiger partial charge in [0, 0.05) is 28.4 Å². The van der Waals surface area contributed by atoms with Gasteiger partial charge in [-0.1, -0.05) is 48.0 Å². The van der Waals surface area contributed by atoms with Crippen molar-refractivity contribution < 1.29 is 4.79 Å². The summed E-state index contributed by atoms with van der Waals surface area (Å²) in [5, 5.41) is 3.55. The second-order valence-corrected chi connectivity index (χ2v) is 7.09. The Morgan fingerprint density at radius 1 is 1.13 bits per heavy atom. The first-order valence-corrected chi connectivity index (χ1v) is 8.05. The quantitative estimate of drug-likeness (QED) is 0.656. The topological polar surface area (TPSA) is 29.1 Å². The molecule has 2 aromatic rings. The van der Waals surface area contributed by atoms with E-state index >= 15 is 0 Å². The lowest BCUT2D eigenvalue weighted by molar-refractivity contribution is 0.104. The van der Waals surface area contributed by atoms with Crippen LogP contribution in [0.15, 0.2) is 48.5 Å². The smallest absolute Gasteiger partial charge is 0.187 e. The summed E-state index contributed by atoms with van der Waals surface area (Å²) in [5.41, 5.74) is 6.58. The average Bonchev–Trinajstić information content (AvgIpc) is 2.45. The summed E-state index contributed by atoms with van der Waals surface area (Å²) in [6, 6.07) is 13.9. The van der Waals surface area contributed by atoms with Crippen molar-refractivity contribution in [1.29, 1.82) is 0 Å². The number of fused-ring (bicyclic) bond motifs is 1. The van der Waals surface area contributed by atoms with E-state index in [1.54, 1.807) is 6.08 Å². The van der Waals surface area contributed by atoms with Gasteiger partial charge in [0.1, 0.15) is 0 Å². The van der Waals surface area contributed by atoms with Crippen molar-refractivity contribution in [2.75, 3.05) is 0 Å². The molecule has 0 aliphatic carbocycles. The van der Waals surface area contributed by atoms with Crippen LogP contribution in [0.5, 0.6) is 0 Å². The maximum Gasteiger partial charge on any atom is 0.187 e. The summed E-state index contributed by atoms with van der Waals surface area (Å²) in [6.45, 7) is 8.59. The van der Waals surface area contributed by atoms with Crippen LogP contribution >= 0.6 is 0 Å². The SMILES string of the molecule is Cc1cc(C)c2c(c1)CC(C)(C)NC2=CC(=O)c1ccccc1. The zero-order valence-corrected chi connectivity index (χ0v) is 14.2. The number of nitrogens with one attached hydrogen (secondary N) is 1. The number of benzene rings is 2. The van der Waals surface area contributed by atoms with Crippen LogP contribution < -0.4 is 5.32 Å². The van der Waals surface area contributed by atoms with Gasteiger partial charge < -0.3 is 5.32 Å². The highest BCUT2D eigenvalue weighted by Gasteiger charge is 2.29. The standard InChI is InChI=1S/C21H23NO/c1-14-10-15(2)20-17(11-14)13-21(3,4)22-18(20)12-19(23)16-8-6-5-7-9-16/h5-12,22H,13H2,1-4H3. The summed E-state index contributed by atoms with van der Waals surface area (Å²) >= 11 is 0. The Morgan fingerprint density at radius 3 is 2.52 bits per heavy atom. The summed E-state index contributed by atoms with van der Waals surface area (Å²) in [7, 11) is 0. The fourth-order valence-corrected chi connectivity index (χ4v) is 3.45. The van der Waals surface area contributed by atoms with Crippen LogP contribution in [-0.2, 0) is 6.42 Å². The van der Waals surface area contributed by atoms with Gasteiger partial charge in [-0.25, -0.2) is 0 Å². The minimum Gasteiger partial charge on any atom is -0.379 e. The molecule has 1 aliphatic rings. The minimum absolute atomic E-state index is 0.0386. The van der Waals surface area contributed by atoms with Crippen molar-refractivity contribution in [3.8, 4) is 0 Å². The average molecular weight is 305 g/mol. The molecule has 118 valence electrons. The second kappa shape index (κ2) is 5.69. The van der Waals surface area contributed by atoms with Crippen LogP contribution in [0.1, 0.15) is 46.5 Å². The van der Waals surface area contributed by atoms with Gasteiger partial charge in [0.15, 0.2) is 5.78 Å². The molecule has 0 amide bonds. The van der Waals surface area contributed by atoms with Gasteiger partial charge in [0.25, 0.3) is 0 Å². The van der Waals surface area contributed by atoms with E-state index in [9.17, 15) is 4.79 Å². The fourth-order valence-electron chi connectivity index (χ4n) is 3.45. The maximum atomic E-state index is 12.6. The third kappa shape index (κ3) is 3.21. The summed E-state index contributed by atoms with van der Waals surface area (Å²) in [5.74, 6) is 0.0386. The van der Waals surface area contributed by atoms with Crippen LogP contribution in [-0.4, -0.2) is 11.3 Å². The highest BCUT2D eigenvalue weighted by molar-refractivity contribution is 6.08. The van der Waals surface area contributed by atoms with Crippen LogP contribution in [0.25, 0.3) is 5.70 Å². The van der Waals surface area contributed by atoms with E-state index in [1.165, 1.54) is 22.3 Å². The Balaban J connectivity index is 2.10. The van der Waals surface area contributed by atoms with E-state index in [-0.39, 0.29) is 11.3 Å². The molecule has 0 bridgehead atoms. The van der Waals surface area contributed by atoms with Crippen LogP contribution in [0.3, 0.4) is 0 Å². The zero-order valence-electron chi connectivity index (χ0n) is 14.2. The molecule has 0 saturated carbocycles. The lowest BCUT2D eigenvalue weighted by atomic mass is 9.82. The Hall–Kier alpha value is -2.35. The van der Waals surface area contributed by atoms with Crippen molar-refractivity contribution in [2.24, 2.45) is 0 Å². The second-order valence-electron chi connectivity index (χ2n) is 7.09. The summed E-state index contributed by atoms with van der Waals surface area (Å²) in [6.07, 6.45) is 2.71. The van der Waals surface area contributed by atoms with Crippen LogP contribution in [0, 0.1) is 13.8 Å². The molecule has 23 heavy (non-hydrogen) atoms. The van der Waals surface area contributed by atoms with Crippen molar-refractivity contribution in [2.45, 2.75) is 39.7 Å². The maximum absolute atomic E-state index is 12.6. The van der Waals surface area contributed by atoms with Gasteiger partial charge in [-0.05, 0) is 45.2 Å². The third-order valence-corrected chi connectivity index (χ3v) is 4.27. The number of hydrogen-bond donors (Lipinski definition) is 1. The van der Waals surface area contributed by atoms with Gasteiger partial charge in [-0.2, -0.15) is 0 Å².